The van der Waals surface area contributed by atoms with Crippen molar-refractivity contribution in [2.45, 2.75) is 13.3 Å². The number of hydrogen-bond donors (Lipinski definition) is 1. The van der Waals surface area contributed by atoms with Gasteiger partial charge in [0.25, 0.3) is 0 Å². The number of hydrogen-bond acceptors (Lipinski definition) is 3. The molecule has 0 fully saturated rings. The van der Waals surface area contributed by atoms with Crippen molar-refractivity contribution in [1.82, 2.24) is 0 Å². The molecule has 0 aliphatic rings. The van der Waals surface area contributed by atoms with E-state index in [-0.39, 0.29) is 19.2 Å². The Bertz CT molecular complexity index is 407. The van der Waals surface area contributed by atoms with Gasteiger partial charge in [0.05, 0.1) is 12.2 Å². The van der Waals surface area contributed by atoms with Gasteiger partial charge in [-0.3, -0.25) is 0 Å². The first-order chi connectivity index (χ1) is 8.27. The molecule has 0 aliphatic carbocycles. The van der Waals surface area contributed by atoms with Gasteiger partial charge in [-0.2, -0.15) is 0 Å². The Hall–Kier alpha value is -1.57. The van der Waals surface area contributed by atoms with Crippen LogP contribution in [0.1, 0.15) is 18.9 Å². The molecule has 0 heterocycles. The van der Waals surface area contributed by atoms with Gasteiger partial charge in [-0.15, -0.1) is 0 Å². The van der Waals surface area contributed by atoms with Crippen LogP contribution in [-0.4, -0.2) is 25.1 Å². The zero-order chi connectivity index (χ0) is 12.5. The molecule has 1 aromatic carbocycles. The molecule has 0 spiro atoms. The maximum atomic E-state index is 13.0. The topological polar surface area (TPSA) is 38.7 Å². The quantitative estimate of drug-likeness (QED) is 0.484. The summed E-state index contributed by atoms with van der Waals surface area (Å²) in [5, 5.41) is 8.62. The average molecular weight is 238 g/mol. The third kappa shape index (κ3) is 4.85. The minimum Gasteiger partial charge on any atom is -0.466 e. The summed E-state index contributed by atoms with van der Waals surface area (Å²) in [5.74, 6) is 5.54. The highest BCUT2D eigenvalue weighted by molar-refractivity contribution is 5.46. The standard InChI is InChI=1S/C13H15FO3/c1-2-16-10-17-13-9-12(14)7-6-11(13)5-3-4-8-15/h6-7,9,15H,2,4,8,10H2,1H3. The Labute approximate surface area is 100 Å². The molecule has 3 nitrogen and oxygen atoms in total. The number of aliphatic hydroxyl groups excluding tert-OH is 1. The molecule has 0 unspecified atom stereocenters. The number of ether oxygens (including phenoxy) is 2. The van der Waals surface area contributed by atoms with Gasteiger partial charge >= 0.3 is 0 Å². The van der Waals surface area contributed by atoms with Crippen LogP contribution in [0.5, 0.6) is 5.75 Å². The smallest absolute Gasteiger partial charge is 0.189 e. The highest BCUT2D eigenvalue weighted by atomic mass is 19.1. The van der Waals surface area contributed by atoms with Crippen LogP contribution in [0.2, 0.25) is 0 Å². The largest absolute Gasteiger partial charge is 0.466 e. The van der Waals surface area contributed by atoms with E-state index in [9.17, 15) is 4.39 Å². The molecule has 1 N–H and O–H groups in total. The van der Waals surface area contributed by atoms with Crippen LogP contribution >= 0.6 is 0 Å². The third-order valence-electron chi connectivity index (χ3n) is 1.91. The average Bonchev–Trinajstić information content (AvgIpc) is 2.32. The molecule has 0 aromatic heterocycles. The monoisotopic (exact) mass is 238 g/mol. The highest BCUT2D eigenvalue weighted by Gasteiger charge is 2.03. The lowest BCUT2D eigenvalue weighted by Gasteiger charge is -2.07. The minimum absolute atomic E-state index is 0.00330. The number of halogens is 1. The molecule has 0 atom stereocenters. The third-order valence-corrected chi connectivity index (χ3v) is 1.91. The van der Waals surface area contributed by atoms with Crippen molar-refractivity contribution in [3.63, 3.8) is 0 Å². The maximum Gasteiger partial charge on any atom is 0.189 e. The van der Waals surface area contributed by atoms with Crippen molar-refractivity contribution < 1.29 is 19.0 Å². The number of aliphatic hydroxyl groups is 1. The summed E-state index contributed by atoms with van der Waals surface area (Å²) in [6.07, 6.45) is 0.377. The highest BCUT2D eigenvalue weighted by Crippen LogP contribution is 2.19. The summed E-state index contributed by atoms with van der Waals surface area (Å²) in [6, 6.07) is 4.12. The van der Waals surface area contributed by atoms with Crippen LogP contribution in [0.15, 0.2) is 18.2 Å². The van der Waals surface area contributed by atoms with E-state index in [1.165, 1.54) is 12.1 Å². The van der Waals surface area contributed by atoms with Gasteiger partial charge in [-0.1, -0.05) is 11.8 Å². The summed E-state index contributed by atoms with van der Waals surface area (Å²) < 4.78 is 23.3. The van der Waals surface area contributed by atoms with Gasteiger partial charge in [0.15, 0.2) is 6.79 Å². The molecule has 92 valence electrons. The zero-order valence-electron chi connectivity index (χ0n) is 9.70. The van der Waals surface area contributed by atoms with Crippen molar-refractivity contribution in [3.8, 4) is 17.6 Å². The van der Waals surface area contributed by atoms with Gasteiger partial charge in [0.1, 0.15) is 11.6 Å². The van der Waals surface area contributed by atoms with E-state index in [0.29, 0.717) is 24.3 Å². The van der Waals surface area contributed by atoms with Gasteiger partial charge < -0.3 is 14.6 Å². The van der Waals surface area contributed by atoms with Crippen molar-refractivity contribution in [1.29, 1.82) is 0 Å². The van der Waals surface area contributed by atoms with E-state index in [2.05, 4.69) is 11.8 Å². The first-order valence-electron chi connectivity index (χ1n) is 5.37. The molecule has 4 heteroatoms. The van der Waals surface area contributed by atoms with E-state index >= 15 is 0 Å². The van der Waals surface area contributed by atoms with Gasteiger partial charge in [0, 0.05) is 19.1 Å². The second-order valence-corrected chi connectivity index (χ2v) is 3.17. The molecule has 0 bridgehead atoms. The molecular formula is C13H15FO3. The number of rotatable bonds is 5. The fraction of sp³-hybridized carbons (Fsp3) is 0.385. The fourth-order valence-electron chi connectivity index (χ4n) is 1.12. The summed E-state index contributed by atoms with van der Waals surface area (Å²) in [6.45, 7) is 2.44. The summed E-state index contributed by atoms with van der Waals surface area (Å²) in [4.78, 5) is 0. The van der Waals surface area contributed by atoms with Crippen LogP contribution in [0.3, 0.4) is 0 Å². The fourth-order valence-corrected chi connectivity index (χ4v) is 1.12. The van der Waals surface area contributed by atoms with E-state index in [0.717, 1.165) is 0 Å². The maximum absolute atomic E-state index is 13.0. The van der Waals surface area contributed by atoms with Crippen LogP contribution < -0.4 is 4.74 Å². The molecule has 1 aromatic rings. The lowest BCUT2D eigenvalue weighted by Crippen LogP contribution is -2.03. The molecular weight excluding hydrogens is 223 g/mol. The Morgan fingerprint density at radius 1 is 1.41 bits per heavy atom. The zero-order valence-corrected chi connectivity index (χ0v) is 9.70. The second-order valence-electron chi connectivity index (χ2n) is 3.17. The Morgan fingerprint density at radius 3 is 2.94 bits per heavy atom. The van der Waals surface area contributed by atoms with Gasteiger partial charge in [-0.05, 0) is 19.1 Å². The van der Waals surface area contributed by atoms with E-state index in [1.54, 1.807) is 6.07 Å². The van der Waals surface area contributed by atoms with Crippen LogP contribution in [-0.2, 0) is 4.74 Å². The van der Waals surface area contributed by atoms with E-state index < -0.39 is 0 Å². The van der Waals surface area contributed by atoms with Gasteiger partial charge in [-0.25, -0.2) is 4.39 Å². The first-order valence-corrected chi connectivity index (χ1v) is 5.37. The summed E-state index contributed by atoms with van der Waals surface area (Å²) >= 11 is 0. The molecule has 0 amide bonds. The lowest BCUT2D eigenvalue weighted by atomic mass is 10.2. The predicted octanol–water partition coefficient (Wildman–Crippen LogP) is 1.93. The van der Waals surface area contributed by atoms with Crippen molar-refractivity contribution >= 4 is 0 Å². The second kappa shape index (κ2) is 7.66. The van der Waals surface area contributed by atoms with Crippen LogP contribution in [0, 0.1) is 17.7 Å². The summed E-state index contributed by atoms with van der Waals surface area (Å²) in [7, 11) is 0. The lowest BCUT2D eigenvalue weighted by molar-refractivity contribution is 0.0221. The molecule has 17 heavy (non-hydrogen) atoms. The van der Waals surface area contributed by atoms with Crippen LogP contribution in [0.4, 0.5) is 4.39 Å². The molecule has 0 radical (unpaired) electrons. The van der Waals surface area contributed by atoms with Crippen molar-refractivity contribution in [2.24, 2.45) is 0 Å². The van der Waals surface area contributed by atoms with E-state index in [1.807, 2.05) is 6.92 Å². The normalized spacial score (nSPS) is 9.59. The van der Waals surface area contributed by atoms with Crippen LogP contribution in [0.25, 0.3) is 0 Å². The molecule has 1 rings (SSSR count). The molecule has 0 saturated heterocycles. The summed E-state index contributed by atoms with van der Waals surface area (Å²) in [5.41, 5.74) is 0.583. The SMILES string of the molecule is CCOCOc1cc(F)ccc1C#CCCO. The molecule has 0 saturated carbocycles. The van der Waals surface area contributed by atoms with E-state index in [4.69, 9.17) is 14.6 Å². The minimum atomic E-state index is -0.385. The Morgan fingerprint density at radius 2 is 2.24 bits per heavy atom. The van der Waals surface area contributed by atoms with Crippen molar-refractivity contribution in [2.75, 3.05) is 20.0 Å². The Kier molecular flexibility index (Phi) is 6.08. The van der Waals surface area contributed by atoms with Gasteiger partial charge in [0.2, 0.25) is 0 Å². The van der Waals surface area contributed by atoms with Crippen molar-refractivity contribution in [3.05, 3.63) is 29.6 Å². The predicted molar refractivity (Wildman–Crippen MR) is 62.1 cm³/mol. The Balaban J connectivity index is 2.77. The number of benzene rings is 1. The first kappa shape index (κ1) is 13.5. The molecule has 0 aliphatic heterocycles.